The molecule has 0 unspecified atom stereocenters. The van der Waals surface area contributed by atoms with E-state index in [1.54, 1.807) is 0 Å². The van der Waals surface area contributed by atoms with Crippen molar-refractivity contribution >= 4 is 5.96 Å². The Balaban J connectivity index is 1.75. The molecule has 1 aromatic heterocycles. The molecule has 6 nitrogen and oxygen atoms in total. The van der Waals surface area contributed by atoms with Crippen molar-refractivity contribution in [3.05, 3.63) is 17.5 Å². The molecule has 1 saturated carbocycles. The first-order valence-electron chi connectivity index (χ1n) is 9.03. The zero-order valence-electron chi connectivity index (χ0n) is 15.9. The highest BCUT2D eigenvalue weighted by Crippen LogP contribution is 2.28. The highest BCUT2D eigenvalue weighted by molar-refractivity contribution is 5.79. The van der Waals surface area contributed by atoms with Crippen molar-refractivity contribution in [1.82, 2.24) is 20.0 Å². The maximum atomic E-state index is 5.67. The highest BCUT2D eigenvalue weighted by atomic mass is 16.5. The molecule has 1 aromatic rings. The summed E-state index contributed by atoms with van der Waals surface area (Å²) in [6.45, 7) is 7.81. The van der Waals surface area contributed by atoms with Gasteiger partial charge in [0, 0.05) is 59.2 Å². The SMILES string of the molecule is CN=C(NCCCOCC1CC1)N(C)Cc1cn(C)nc1C(C)C. The fraction of sp³-hybridized carbons (Fsp3) is 0.778. The molecule has 1 heterocycles. The van der Waals surface area contributed by atoms with Crippen LogP contribution in [0.2, 0.25) is 0 Å². The monoisotopic (exact) mass is 335 g/mol. The summed E-state index contributed by atoms with van der Waals surface area (Å²) in [6, 6.07) is 0. The Morgan fingerprint density at radius 1 is 1.50 bits per heavy atom. The molecule has 6 heteroatoms. The molecule has 0 atom stereocenters. The van der Waals surface area contributed by atoms with Gasteiger partial charge in [0.05, 0.1) is 5.69 Å². The van der Waals surface area contributed by atoms with Crippen LogP contribution in [0.25, 0.3) is 0 Å². The fourth-order valence-corrected chi connectivity index (χ4v) is 2.79. The van der Waals surface area contributed by atoms with Crippen molar-refractivity contribution in [2.45, 2.75) is 45.6 Å². The third-order valence-corrected chi connectivity index (χ3v) is 4.26. The molecule has 1 fully saturated rings. The number of aromatic nitrogens is 2. The normalized spacial score (nSPS) is 15.2. The van der Waals surface area contributed by atoms with E-state index in [0.29, 0.717) is 5.92 Å². The van der Waals surface area contributed by atoms with E-state index in [1.807, 2.05) is 18.8 Å². The molecule has 0 aromatic carbocycles. The van der Waals surface area contributed by atoms with Gasteiger partial charge >= 0.3 is 0 Å². The summed E-state index contributed by atoms with van der Waals surface area (Å²) in [5.41, 5.74) is 2.42. The van der Waals surface area contributed by atoms with Gasteiger partial charge in [-0.3, -0.25) is 9.67 Å². The Bertz CT molecular complexity index is 534. The predicted octanol–water partition coefficient (Wildman–Crippen LogP) is 2.37. The third kappa shape index (κ3) is 5.82. The van der Waals surface area contributed by atoms with Crippen molar-refractivity contribution in [3.8, 4) is 0 Å². The number of hydrogen-bond acceptors (Lipinski definition) is 3. The summed E-state index contributed by atoms with van der Waals surface area (Å²) in [6.07, 6.45) is 5.80. The molecule has 0 radical (unpaired) electrons. The second-order valence-corrected chi connectivity index (χ2v) is 7.07. The van der Waals surface area contributed by atoms with Crippen LogP contribution in [0.15, 0.2) is 11.2 Å². The van der Waals surface area contributed by atoms with Gasteiger partial charge < -0.3 is 15.0 Å². The quantitative estimate of drug-likeness (QED) is 0.428. The van der Waals surface area contributed by atoms with Crippen molar-refractivity contribution in [2.24, 2.45) is 18.0 Å². The van der Waals surface area contributed by atoms with Gasteiger partial charge in [0.25, 0.3) is 0 Å². The van der Waals surface area contributed by atoms with E-state index in [4.69, 9.17) is 4.74 Å². The second-order valence-electron chi connectivity index (χ2n) is 7.07. The molecule has 0 bridgehead atoms. The summed E-state index contributed by atoms with van der Waals surface area (Å²) >= 11 is 0. The van der Waals surface area contributed by atoms with Gasteiger partial charge in [-0.05, 0) is 31.1 Å². The third-order valence-electron chi connectivity index (χ3n) is 4.26. The van der Waals surface area contributed by atoms with E-state index in [9.17, 15) is 0 Å². The summed E-state index contributed by atoms with van der Waals surface area (Å²) in [4.78, 5) is 6.53. The minimum Gasteiger partial charge on any atom is -0.381 e. The lowest BCUT2D eigenvalue weighted by atomic mass is 10.1. The van der Waals surface area contributed by atoms with Crippen molar-refractivity contribution in [1.29, 1.82) is 0 Å². The zero-order chi connectivity index (χ0) is 17.5. The molecule has 2 rings (SSSR count). The Labute approximate surface area is 146 Å². The lowest BCUT2D eigenvalue weighted by Gasteiger charge is -2.22. The Kier molecular flexibility index (Phi) is 7.09. The Morgan fingerprint density at radius 3 is 2.88 bits per heavy atom. The van der Waals surface area contributed by atoms with Gasteiger partial charge in [-0.25, -0.2) is 0 Å². The summed E-state index contributed by atoms with van der Waals surface area (Å²) < 4.78 is 7.56. The average molecular weight is 335 g/mol. The lowest BCUT2D eigenvalue weighted by molar-refractivity contribution is 0.122. The number of rotatable bonds is 9. The van der Waals surface area contributed by atoms with Gasteiger partial charge in [-0.1, -0.05) is 13.8 Å². The topological polar surface area (TPSA) is 54.7 Å². The first-order valence-corrected chi connectivity index (χ1v) is 9.03. The average Bonchev–Trinajstić information content (AvgIpc) is 3.28. The Morgan fingerprint density at radius 2 is 2.25 bits per heavy atom. The van der Waals surface area contributed by atoms with Crippen LogP contribution >= 0.6 is 0 Å². The molecule has 0 aliphatic heterocycles. The standard InChI is InChI=1S/C18H33N5O/c1-14(2)17-16(12-23(5)21-17)11-22(4)18(19-3)20-9-6-10-24-13-15-7-8-15/h12,14-15H,6-11,13H2,1-5H3,(H,19,20). The first-order chi connectivity index (χ1) is 11.5. The molecule has 0 amide bonds. The lowest BCUT2D eigenvalue weighted by Crippen LogP contribution is -2.39. The summed E-state index contributed by atoms with van der Waals surface area (Å²) in [5.74, 6) is 2.18. The maximum Gasteiger partial charge on any atom is 0.193 e. The van der Waals surface area contributed by atoms with E-state index in [0.717, 1.165) is 50.3 Å². The number of aliphatic imine (C=N–C) groups is 1. The molecule has 0 spiro atoms. The van der Waals surface area contributed by atoms with E-state index in [1.165, 1.54) is 18.4 Å². The van der Waals surface area contributed by atoms with Crippen LogP contribution in [0.1, 0.15) is 50.3 Å². The highest BCUT2D eigenvalue weighted by Gasteiger charge is 2.20. The smallest absolute Gasteiger partial charge is 0.193 e. The van der Waals surface area contributed by atoms with Gasteiger partial charge in [-0.15, -0.1) is 0 Å². The molecular weight excluding hydrogens is 302 g/mol. The largest absolute Gasteiger partial charge is 0.381 e. The summed E-state index contributed by atoms with van der Waals surface area (Å²) in [5, 5.41) is 7.99. The minimum absolute atomic E-state index is 0.424. The molecule has 136 valence electrons. The van der Waals surface area contributed by atoms with Gasteiger partial charge in [0.1, 0.15) is 0 Å². The fourth-order valence-electron chi connectivity index (χ4n) is 2.79. The second kappa shape index (κ2) is 9.06. The molecule has 0 saturated heterocycles. The van der Waals surface area contributed by atoms with Crippen molar-refractivity contribution < 1.29 is 4.74 Å². The van der Waals surface area contributed by atoms with Crippen LogP contribution in [-0.2, 0) is 18.3 Å². The molecular formula is C18H33N5O. The Hall–Kier alpha value is -1.56. The van der Waals surface area contributed by atoms with Crippen LogP contribution in [0.3, 0.4) is 0 Å². The van der Waals surface area contributed by atoms with Crippen molar-refractivity contribution in [2.75, 3.05) is 33.9 Å². The molecule has 1 N–H and O–H groups in total. The van der Waals surface area contributed by atoms with Crippen LogP contribution in [0.4, 0.5) is 0 Å². The number of nitrogens with zero attached hydrogens (tertiary/aromatic N) is 4. The van der Waals surface area contributed by atoms with Crippen LogP contribution < -0.4 is 5.32 Å². The van der Waals surface area contributed by atoms with E-state index >= 15 is 0 Å². The molecule has 1 aliphatic carbocycles. The minimum atomic E-state index is 0.424. The molecule has 1 aliphatic rings. The first kappa shape index (κ1) is 18.8. The van der Waals surface area contributed by atoms with Crippen LogP contribution in [0, 0.1) is 5.92 Å². The predicted molar refractivity (Wildman–Crippen MR) is 98.3 cm³/mol. The number of ether oxygens (including phenoxy) is 1. The summed E-state index contributed by atoms with van der Waals surface area (Å²) in [7, 11) is 5.87. The van der Waals surface area contributed by atoms with E-state index in [-0.39, 0.29) is 0 Å². The number of nitrogens with one attached hydrogen (secondary N) is 1. The maximum absolute atomic E-state index is 5.67. The van der Waals surface area contributed by atoms with Gasteiger partial charge in [-0.2, -0.15) is 5.10 Å². The van der Waals surface area contributed by atoms with Gasteiger partial charge in [0.2, 0.25) is 0 Å². The van der Waals surface area contributed by atoms with Crippen LogP contribution in [0.5, 0.6) is 0 Å². The van der Waals surface area contributed by atoms with Crippen LogP contribution in [-0.4, -0.2) is 54.5 Å². The number of guanidine groups is 1. The zero-order valence-corrected chi connectivity index (χ0v) is 15.9. The van der Waals surface area contributed by atoms with E-state index < -0.39 is 0 Å². The number of aryl methyl sites for hydroxylation is 1. The number of hydrogen-bond donors (Lipinski definition) is 1. The van der Waals surface area contributed by atoms with Crippen molar-refractivity contribution in [3.63, 3.8) is 0 Å². The van der Waals surface area contributed by atoms with Gasteiger partial charge in [0.15, 0.2) is 5.96 Å². The van der Waals surface area contributed by atoms with E-state index in [2.05, 4.69) is 47.4 Å². The molecule has 24 heavy (non-hydrogen) atoms.